The van der Waals surface area contributed by atoms with E-state index in [9.17, 15) is 17.6 Å². The summed E-state index contributed by atoms with van der Waals surface area (Å²) in [6.45, 7) is 0.572. The Morgan fingerprint density at radius 3 is 2.57 bits per heavy atom. The highest BCUT2D eigenvalue weighted by atomic mass is 32.2. The highest BCUT2D eigenvalue weighted by Gasteiger charge is 2.34. The zero-order chi connectivity index (χ0) is 15.5. The number of piperidine rings is 1. The summed E-state index contributed by atoms with van der Waals surface area (Å²) in [6, 6.07) is 4.97. The van der Waals surface area contributed by atoms with Gasteiger partial charge in [-0.2, -0.15) is 0 Å². The van der Waals surface area contributed by atoms with E-state index in [1.165, 1.54) is 12.1 Å². The second kappa shape index (κ2) is 6.26. The Hall–Kier alpha value is -1.89. The van der Waals surface area contributed by atoms with Crippen LogP contribution in [-0.4, -0.2) is 28.0 Å². The predicted octanol–water partition coefficient (Wildman–Crippen LogP) is 1.76. The van der Waals surface area contributed by atoms with Crippen molar-refractivity contribution in [1.29, 1.82) is 0 Å². The van der Waals surface area contributed by atoms with E-state index in [0.717, 1.165) is 32.1 Å². The molecule has 1 aliphatic heterocycles. The molecule has 5 nitrogen and oxygen atoms in total. The minimum atomic E-state index is -4.28. The van der Waals surface area contributed by atoms with E-state index in [0.29, 0.717) is 13.0 Å². The Kier molecular flexibility index (Phi) is 4.62. The molecule has 0 spiro atoms. The van der Waals surface area contributed by atoms with Crippen LogP contribution in [0.3, 0.4) is 0 Å². The van der Waals surface area contributed by atoms with Crippen LogP contribution in [0.2, 0.25) is 0 Å². The summed E-state index contributed by atoms with van der Waals surface area (Å²) in [6.07, 6.45) is 2.06. The fourth-order valence-electron chi connectivity index (χ4n) is 2.21. The largest absolute Gasteiger partial charge is 0.465 e. The molecule has 21 heavy (non-hydrogen) atoms. The van der Waals surface area contributed by atoms with Gasteiger partial charge in [-0.3, -0.25) is 0 Å². The average molecular weight is 313 g/mol. The summed E-state index contributed by atoms with van der Waals surface area (Å²) in [5, 5.41) is 2.91. The number of halogens is 1. The van der Waals surface area contributed by atoms with Crippen molar-refractivity contribution in [3.05, 3.63) is 40.7 Å². The molecule has 1 aliphatic rings. The Balaban J connectivity index is 2.61. The minimum Gasteiger partial charge on any atom is -0.465 e. The molecule has 1 aromatic carbocycles. The van der Waals surface area contributed by atoms with Gasteiger partial charge in [0.2, 0.25) is 9.84 Å². The number of carbonyl (C=O) groups excluding carboxylic acids is 1. The van der Waals surface area contributed by atoms with Crippen LogP contribution < -0.4 is 5.32 Å². The zero-order valence-corrected chi connectivity index (χ0v) is 12.4. The van der Waals surface area contributed by atoms with Crippen molar-refractivity contribution in [3.63, 3.8) is 0 Å². The highest BCUT2D eigenvalue weighted by molar-refractivity contribution is 7.96. The maximum absolute atomic E-state index is 13.8. The number of hydrogen-bond acceptors (Lipinski definition) is 5. The molecule has 1 aromatic rings. The second-order valence-corrected chi connectivity index (χ2v) is 6.47. The fourth-order valence-corrected chi connectivity index (χ4v) is 3.81. The summed E-state index contributed by atoms with van der Waals surface area (Å²) in [5.41, 5.74) is 0.288. The number of esters is 1. The molecular formula is C14H16FNO4S. The molecular weight excluding hydrogens is 297 g/mol. The fraction of sp³-hybridized carbons (Fsp3) is 0.357. The lowest BCUT2D eigenvalue weighted by atomic mass is 10.1. The average Bonchev–Trinajstić information content (AvgIpc) is 2.48. The molecule has 0 radical (unpaired) electrons. The van der Waals surface area contributed by atoms with Crippen molar-refractivity contribution in [2.24, 2.45) is 0 Å². The van der Waals surface area contributed by atoms with E-state index < -0.39 is 31.4 Å². The molecule has 0 amide bonds. The highest BCUT2D eigenvalue weighted by Crippen LogP contribution is 2.27. The first-order valence-electron chi connectivity index (χ1n) is 6.53. The normalized spacial score (nSPS) is 17.8. The number of nitrogens with one attached hydrogen (secondary N) is 1. The Bertz CT molecular complexity index is 674. The van der Waals surface area contributed by atoms with Crippen LogP contribution >= 0.6 is 0 Å². The summed E-state index contributed by atoms with van der Waals surface area (Å²) in [7, 11) is -3.18. The number of hydrogen-bond donors (Lipinski definition) is 1. The molecule has 0 unspecified atom stereocenters. The van der Waals surface area contributed by atoms with Crippen molar-refractivity contribution in [1.82, 2.24) is 5.32 Å². The summed E-state index contributed by atoms with van der Waals surface area (Å²) in [4.78, 5) is 10.9. The Labute approximate surface area is 122 Å². The van der Waals surface area contributed by atoms with Crippen LogP contribution in [0.1, 0.15) is 19.3 Å². The second-order valence-electron chi connectivity index (χ2n) is 4.62. The SMILES string of the molecule is COC(=O)C(=C1CCCCN1)S(=O)(=O)c1ccccc1F. The van der Waals surface area contributed by atoms with Gasteiger partial charge in [0.1, 0.15) is 10.7 Å². The molecule has 2 rings (SSSR count). The smallest absolute Gasteiger partial charge is 0.351 e. The molecule has 114 valence electrons. The number of allylic oxidation sites excluding steroid dienone is 1. The summed E-state index contributed by atoms with van der Waals surface area (Å²) in [5.74, 6) is -1.88. The molecule has 0 saturated carbocycles. The molecule has 0 bridgehead atoms. The van der Waals surface area contributed by atoms with Gasteiger partial charge in [0.15, 0.2) is 4.91 Å². The number of methoxy groups -OCH3 is 1. The molecule has 1 N–H and O–H groups in total. The molecule has 7 heteroatoms. The van der Waals surface area contributed by atoms with E-state index in [1.54, 1.807) is 0 Å². The van der Waals surface area contributed by atoms with Crippen LogP contribution in [0, 0.1) is 5.82 Å². The van der Waals surface area contributed by atoms with Gasteiger partial charge in [-0.25, -0.2) is 17.6 Å². The summed E-state index contributed by atoms with van der Waals surface area (Å²) < 4.78 is 43.6. The third-order valence-corrected chi connectivity index (χ3v) is 5.09. The molecule has 1 heterocycles. The lowest BCUT2D eigenvalue weighted by Gasteiger charge is -2.20. The van der Waals surface area contributed by atoms with E-state index >= 15 is 0 Å². The van der Waals surface area contributed by atoms with E-state index in [-0.39, 0.29) is 5.70 Å². The van der Waals surface area contributed by atoms with Crippen molar-refractivity contribution in [2.45, 2.75) is 24.2 Å². The monoisotopic (exact) mass is 313 g/mol. The first kappa shape index (κ1) is 15.5. The van der Waals surface area contributed by atoms with E-state index in [4.69, 9.17) is 0 Å². The van der Waals surface area contributed by atoms with Crippen LogP contribution in [0.15, 0.2) is 39.8 Å². The molecule has 0 aromatic heterocycles. The number of carbonyl (C=O) groups is 1. The third-order valence-electron chi connectivity index (χ3n) is 3.23. The van der Waals surface area contributed by atoms with E-state index in [1.807, 2.05) is 0 Å². The maximum Gasteiger partial charge on any atom is 0.351 e. The standard InChI is InChI=1S/C14H16FNO4S/c1-20-14(17)13(11-7-4-5-9-16-11)21(18,19)12-8-3-2-6-10(12)15/h2-3,6,8,16H,4-5,7,9H2,1H3. The van der Waals surface area contributed by atoms with Gasteiger partial charge in [0.25, 0.3) is 0 Å². The van der Waals surface area contributed by atoms with E-state index in [2.05, 4.69) is 10.1 Å². The number of benzene rings is 1. The minimum absolute atomic E-state index is 0.288. The van der Waals surface area contributed by atoms with Crippen LogP contribution in [-0.2, 0) is 19.4 Å². The van der Waals surface area contributed by atoms with Gasteiger partial charge in [0, 0.05) is 12.2 Å². The van der Waals surface area contributed by atoms with Crippen LogP contribution in [0.5, 0.6) is 0 Å². The summed E-state index contributed by atoms with van der Waals surface area (Å²) >= 11 is 0. The quantitative estimate of drug-likeness (QED) is 0.680. The topological polar surface area (TPSA) is 72.5 Å². The van der Waals surface area contributed by atoms with Gasteiger partial charge >= 0.3 is 5.97 Å². The first-order chi connectivity index (χ1) is 9.98. The number of rotatable bonds is 3. The Morgan fingerprint density at radius 1 is 1.29 bits per heavy atom. The van der Waals surface area contributed by atoms with Gasteiger partial charge < -0.3 is 10.1 Å². The first-order valence-corrected chi connectivity index (χ1v) is 8.01. The maximum atomic E-state index is 13.8. The third kappa shape index (κ3) is 3.07. The van der Waals surface area contributed by atoms with Gasteiger partial charge in [-0.05, 0) is 31.4 Å². The lowest BCUT2D eigenvalue weighted by Crippen LogP contribution is -2.28. The number of ether oxygens (including phenoxy) is 1. The molecule has 1 saturated heterocycles. The van der Waals surface area contributed by atoms with Gasteiger partial charge in [0.05, 0.1) is 7.11 Å². The zero-order valence-electron chi connectivity index (χ0n) is 11.6. The predicted molar refractivity (Wildman–Crippen MR) is 74.5 cm³/mol. The van der Waals surface area contributed by atoms with Crippen LogP contribution in [0.25, 0.3) is 0 Å². The van der Waals surface area contributed by atoms with Crippen LogP contribution in [0.4, 0.5) is 4.39 Å². The van der Waals surface area contributed by atoms with Gasteiger partial charge in [-0.1, -0.05) is 12.1 Å². The Morgan fingerprint density at radius 2 is 2.00 bits per heavy atom. The van der Waals surface area contributed by atoms with Crippen molar-refractivity contribution >= 4 is 15.8 Å². The molecule has 0 atom stereocenters. The van der Waals surface area contributed by atoms with Crippen molar-refractivity contribution < 1.29 is 22.3 Å². The lowest BCUT2D eigenvalue weighted by molar-refractivity contribution is -0.135. The number of sulfone groups is 1. The van der Waals surface area contributed by atoms with Gasteiger partial charge in [-0.15, -0.1) is 0 Å². The molecule has 0 aliphatic carbocycles. The molecule has 1 fully saturated rings. The van der Waals surface area contributed by atoms with Crippen molar-refractivity contribution in [3.8, 4) is 0 Å². The van der Waals surface area contributed by atoms with Crippen molar-refractivity contribution in [2.75, 3.05) is 13.7 Å².